The monoisotopic (exact) mass is 432 g/mol. The molecule has 1 unspecified atom stereocenters. The standard InChI is InChI=1S/C27H48O2Si/c1-9-21-24(28)17-23-20-11-10-18-16-19(29-30(7,8)25(2,3)4)12-14-26(18,5)22(20)13-15-27(21,23)6/h9,18-20,22-24,28H,10-17H2,1-8H3/t18?,19-,20+,22-,23-,24+,26-,27+/m0/s1. The van der Waals surface area contributed by atoms with Crippen LogP contribution >= 0.6 is 0 Å². The first kappa shape index (κ1) is 23.0. The molecule has 172 valence electrons. The second kappa shape index (κ2) is 7.45. The van der Waals surface area contributed by atoms with Gasteiger partial charge in [-0.25, -0.2) is 0 Å². The molecule has 4 aliphatic rings. The van der Waals surface area contributed by atoms with Crippen molar-refractivity contribution in [3.05, 3.63) is 11.6 Å². The molecule has 0 aliphatic heterocycles. The molecule has 4 fully saturated rings. The minimum Gasteiger partial charge on any atom is -0.414 e. The van der Waals surface area contributed by atoms with Gasteiger partial charge in [0.25, 0.3) is 0 Å². The topological polar surface area (TPSA) is 29.5 Å². The van der Waals surface area contributed by atoms with E-state index in [1.54, 1.807) is 0 Å². The highest BCUT2D eigenvalue weighted by atomic mass is 28.4. The van der Waals surface area contributed by atoms with E-state index in [1.165, 1.54) is 50.5 Å². The zero-order valence-electron chi connectivity index (χ0n) is 21.1. The molecule has 0 radical (unpaired) electrons. The van der Waals surface area contributed by atoms with E-state index in [2.05, 4.69) is 60.7 Å². The van der Waals surface area contributed by atoms with E-state index in [-0.39, 0.29) is 11.5 Å². The number of aliphatic hydroxyl groups excluding tert-OH is 1. The van der Waals surface area contributed by atoms with Gasteiger partial charge in [0.2, 0.25) is 0 Å². The lowest BCUT2D eigenvalue weighted by atomic mass is 9.45. The minimum atomic E-state index is -1.69. The summed E-state index contributed by atoms with van der Waals surface area (Å²) in [6.45, 7) is 19.2. The van der Waals surface area contributed by atoms with Crippen molar-refractivity contribution in [3.63, 3.8) is 0 Å². The van der Waals surface area contributed by atoms with Crippen LogP contribution in [0, 0.1) is 34.5 Å². The zero-order valence-corrected chi connectivity index (χ0v) is 22.1. The molecule has 1 N–H and O–H groups in total. The minimum absolute atomic E-state index is 0.192. The maximum atomic E-state index is 10.8. The number of allylic oxidation sites excluding steroid dienone is 1. The van der Waals surface area contributed by atoms with Crippen LogP contribution in [0.15, 0.2) is 11.6 Å². The number of hydrogen-bond donors (Lipinski definition) is 1. The average Bonchev–Trinajstić information content (AvgIpc) is 2.90. The van der Waals surface area contributed by atoms with Gasteiger partial charge in [0.05, 0.1) is 6.10 Å². The molecule has 0 spiro atoms. The highest BCUT2D eigenvalue weighted by Crippen LogP contribution is 2.67. The van der Waals surface area contributed by atoms with Gasteiger partial charge in [-0.15, -0.1) is 0 Å². The van der Waals surface area contributed by atoms with E-state index in [4.69, 9.17) is 4.43 Å². The van der Waals surface area contributed by atoms with Crippen molar-refractivity contribution in [1.82, 2.24) is 0 Å². The normalized spacial score (nSPS) is 48.2. The molecule has 0 aromatic rings. The second-order valence-electron chi connectivity index (χ2n) is 13.4. The highest BCUT2D eigenvalue weighted by molar-refractivity contribution is 6.74. The van der Waals surface area contributed by atoms with Crippen molar-refractivity contribution in [2.24, 2.45) is 34.5 Å². The molecule has 0 saturated heterocycles. The van der Waals surface area contributed by atoms with Crippen LogP contribution in [0.1, 0.15) is 92.9 Å². The first-order chi connectivity index (χ1) is 13.8. The van der Waals surface area contributed by atoms with E-state index in [0.29, 0.717) is 22.5 Å². The van der Waals surface area contributed by atoms with Gasteiger partial charge in [-0.1, -0.05) is 40.7 Å². The van der Waals surface area contributed by atoms with E-state index in [9.17, 15) is 5.11 Å². The van der Waals surface area contributed by atoms with Gasteiger partial charge in [0.15, 0.2) is 8.32 Å². The average molecular weight is 433 g/mol. The Hall–Kier alpha value is -0.123. The van der Waals surface area contributed by atoms with Gasteiger partial charge in [-0.3, -0.25) is 0 Å². The summed E-state index contributed by atoms with van der Waals surface area (Å²) in [5.74, 6) is 3.19. The number of hydrogen-bond acceptors (Lipinski definition) is 2. The number of aliphatic hydroxyl groups is 1. The van der Waals surface area contributed by atoms with Crippen LogP contribution < -0.4 is 0 Å². The Bertz CT molecular complexity index is 691. The molecule has 4 aliphatic carbocycles. The van der Waals surface area contributed by atoms with Gasteiger partial charge >= 0.3 is 0 Å². The molecule has 4 saturated carbocycles. The fraction of sp³-hybridized carbons (Fsp3) is 0.926. The number of rotatable bonds is 2. The van der Waals surface area contributed by atoms with Gasteiger partial charge < -0.3 is 9.53 Å². The van der Waals surface area contributed by atoms with Gasteiger partial charge in [-0.2, -0.15) is 0 Å². The molecular formula is C27H48O2Si. The molecule has 30 heavy (non-hydrogen) atoms. The highest BCUT2D eigenvalue weighted by Gasteiger charge is 2.60. The van der Waals surface area contributed by atoms with Crippen molar-refractivity contribution in [1.29, 1.82) is 0 Å². The number of fused-ring (bicyclic) bond motifs is 5. The summed E-state index contributed by atoms with van der Waals surface area (Å²) < 4.78 is 6.90. The van der Waals surface area contributed by atoms with E-state index >= 15 is 0 Å². The summed E-state index contributed by atoms with van der Waals surface area (Å²) in [5, 5.41) is 11.1. The third-order valence-electron chi connectivity index (χ3n) is 11.1. The Kier molecular flexibility index (Phi) is 5.73. The Morgan fingerprint density at radius 1 is 1.00 bits per heavy atom. The molecule has 8 atom stereocenters. The van der Waals surface area contributed by atoms with Crippen molar-refractivity contribution in [2.75, 3.05) is 0 Å². The molecule has 0 aromatic heterocycles. The van der Waals surface area contributed by atoms with Crippen LogP contribution in [0.2, 0.25) is 18.1 Å². The molecule has 0 amide bonds. The van der Waals surface area contributed by atoms with Crippen molar-refractivity contribution in [2.45, 2.75) is 123 Å². The van der Waals surface area contributed by atoms with Crippen LogP contribution in [0.3, 0.4) is 0 Å². The van der Waals surface area contributed by atoms with Gasteiger partial charge in [0.1, 0.15) is 0 Å². The molecule has 4 rings (SSSR count). The summed E-state index contributed by atoms with van der Waals surface area (Å²) >= 11 is 0. The van der Waals surface area contributed by atoms with Crippen LogP contribution in [-0.2, 0) is 4.43 Å². The fourth-order valence-electron chi connectivity index (χ4n) is 8.30. The summed E-state index contributed by atoms with van der Waals surface area (Å²) in [7, 11) is -1.69. The van der Waals surface area contributed by atoms with Crippen LogP contribution in [0.4, 0.5) is 0 Å². The Morgan fingerprint density at radius 3 is 2.33 bits per heavy atom. The summed E-state index contributed by atoms with van der Waals surface area (Å²) in [4.78, 5) is 0. The predicted molar refractivity (Wildman–Crippen MR) is 129 cm³/mol. The van der Waals surface area contributed by atoms with Crippen molar-refractivity contribution in [3.8, 4) is 0 Å². The molecule has 0 heterocycles. The molecule has 0 bridgehead atoms. The zero-order chi connectivity index (χ0) is 22.1. The van der Waals surface area contributed by atoms with Crippen molar-refractivity contribution < 1.29 is 9.53 Å². The molecule has 2 nitrogen and oxygen atoms in total. The second-order valence-corrected chi connectivity index (χ2v) is 18.1. The van der Waals surface area contributed by atoms with Crippen LogP contribution in [-0.4, -0.2) is 25.6 Å². The van der Waals surface area contributed by atoms with Gasteiger partial charge in [0, 0.05) is 6.10 Å². The third kappa shape index (κ3) is 3.41. The lowest BCUT2D eigenvalue weighted by Crippen LogP contribution is -2.54. The lowest BCUT2D eigenvalue weighted by molar-refractivity contribution is -0.115. The molecular weight excluding hydrogens is 384 g/mol. The maximum absolute atomic E-state index is 10.8. The van der Waals surface area contributed by atoms with Gasteiger partial charge in [-0.05, 0) is 116 Å². The van der Waals surface area contributed by atoms with Crippen LogP contribution in [0.25, 0.3) is 0 Å². The molecule has 3 heteroatoms. The Morgan fingerprint density at radius 2 is 1.70 bits per heavy atom. The van der Waals surface area contributed by atoms with Crippen molar-refractivity contribution >= 4 is 8.32 Å². The molecule has 0 aromatic carbocycles. The fourth-order valence-corrected chi connectivity index (χ4v) is 9.70. The Balaban J connectivity index is 1.50. The largest absolute Gasteiger partial charge is 0.414 e. The van der Waals surface area contributed by atoms with E-state index in [1.807, 2.05) is 0 Å². The first-order valence-electron chi connectivity index (χ1n) is 12.9. The first-order valence-corrected chi connectivity index (χ1v) is 15.8. The smallest absolute Gasteiger partial charge is 0.192 e. The summed E-state index contributed by atoms with van der Waals surface area (Å²) in [6.07, 6.45) is 12.8. The SMILES string of the molecule is CC=C1[C@H](O)C[C@H]2[C@@H]3CCC4C[C@@H](O[Si](C)(C)C(C)(C)C)CC[C@]4(C)[C@H]3CC[C@]12C. The maximum Gasteiger partial charge on any atom is 0.192 e. The van der Waals surface area contributed by atoms with E-state index in [0.717, 1.165) is 24.2 Å². The summed E-state index contributed by atoms with van der Waals surface area (Å²) in [5.41, 5.74) is 2.09. The summed E-state index contributed by atoms with van der Waals surface area (Å²) in [6, 6.07) is 0. The quantitative estimate of drug-likeness (QED) is 0.365. The predicted octanol–water partition coefficient (Wildman–Crippen LogP) is 7.34. The van der Waals surface area contributed by atoms with Crippen LogP contribution in [0.5, 0.6) is 0 Å². The lowest BCUT2D eigenvalue weighted by Gasteiger charge is -2.61. The third-order valence-corrected chi connectivity index (χ3v) is 15.6. The van der Waals surface area contributed by atoms with E-state index < -0.39 is 8.32 Å². The Labute approximate surface area is 187 Å².